The van der Waals surface area contributed by atoms with Crippen molar-refractivity contribution in [1.29, 1.82) is 0 Å². The highest BCUT2D eigenvalue weighted by molar-refractivity contribution is 6.08. The van der Waals surface area contributed by atoms with Crippen LogP contribution in [0.4, 0.5) is 0 Å². The summed E-state index contributed by atoms with van der Waals surface area (Å²) in [5.41, 5.74) is 1.15. The third kappa shape index (κ3) is 5.00. The van der Waals surface area contributed by atoms with Crippen LogP contribution >= 0.6 is 0 Å². The quantitative estimate of drug-likeness (QED) is 0.590. The van der Waals surface area contributed by atoms with E-state index in [9.17, 15) is 14.7 Å². The van der Waals surface area contributed by atoms with E-state index in [-0.39, 0.29) is 23.9 Å². The molecule has 1 unspecified atom stereocenters. The number of aliphatic hydroxyl groups is 1. The van der Waals surface area contributed by atoms with Gasteiger partial charge in [-0.05, 0) is 51.3 Å². The smallest absolute Gasteiger partial charge is 0.290 e. The lowest BCUT2D eigenvalue weighted by Crippen LogP contribution is -2.32. The highest BCUT2D eigenvalue weighted by Crippen LogP contribution is 2.39. The highest BCUT2D eigenvalue weighted by atomic mass is 16.5. The molecule has 0 bridgehead atoms. The summed E-state index contributed by atoms with van der Waals surface area (Å²) in [4.78, 5) is 27.4. The fourth-order valence-electron chi connectivity index (χ4n) is 3.66. The maximum absolute atomic E-state index is 13.1. The van der Waals surface area contributed by atoms with E-state index in [0.29, 0.717) is 37.5 Å². The van der Waals surface area contributed by atoms with Crippen LogP contribution in [-0.2, 0) is 20.7 Å². The Morgan fingerprint density at radius 2 is 1.93 bits per heavy atom. The molecule has 0 spiro atoms. The molecule has 30 heavy (non-hydrogen) atoms. The average molecular weight is 411 g/mol. The number of Topliss-reactive ketones (excluding diaryl/α,β-unsaturated/α-hetero) is 1. The first-order chi connectivity index (χ1) is 14.4. The van der Waals surface area contributed by atoms with Gasteiger partial charge in [0.25, 0.3) is 5.91 Å². The third-order valence-electron chi connectivity index (χ3n) is 5.11. The van der Waals surface area contributed by atoms with Crippen molar-refractivity contribution in [3.63, 3.8) is 0 Å². The SMILES string of the molecule is Cc1ccc(C2C(C(=O)CCc3ccccc3)=C(O)C(=O)N2CCCOC(C)C)o1. The van der Waals surface area contributed by atoms with E-state index >= 15 is 0 Å². The zero-order valence-corrected chi connectivity index (χ0v) is 17.8. The largest absolute Gasteiger partial charge is 0.503 e. The third-order valence-corrected chi connectivity index (χ3v) is 5.11. The van der Waals surface area contributed by atoms with Crippen molar-refractivity contribution >= 4 is 11.7 Å². The summed E-state index contributed by atoms with van der Waals surface area (Å²) in [5, 5.41) is 10.6. The van der Waals surface area contributed by atoms with Gasteiger partial charge in [0, 0.05) is 19.6 Å². The molecule has 0 aliphatic carbocycles. The van der Waals surface area contributed by atoms with Crippen LogP contribution in [0, 0.1) is 6.92 Å². The number of benzene rings is 1. The molecule has 2 aromatic rings. The van der Waals surface area contributed by atoms with E-state index in [1.165, 1.54) is 4.90 Å². The Kier molecular flexibility index (Phi) is 7.11. The van der Waals surface area contributed by atoms with Gasteiger partial charge in [0.15, 0.2) is 11.5 Å². The molecule has 1 atom stereocenters. The molecule has 1 N–H and O–H groups in total. The number of hydrogen-bond donors (Lipinski definition) is 1. The van der Waals surface area contributed by atoms with Crippen molar-refractivity contribution in [2.75, 3.05) is 13.2 Å². The van der Waals surface area contributed by atoms with Gasteiger partial charge in [0.05, 0.1) is 11.7 Å². The first-order valence-corrected chi connectivity index (χ1v) is 10.4. The van der Waals surface area contributed by atoms with E-state index in [1.807, 2.05) is 51.1 Å². The van der Waals surface area contributed by atoms with Crippen LogP contribution in [0.1, 0.15) is 49.8 Å². The van der Waals surface area contributed by atoms with Crippen LogP contribution < -0.4 is 0 Å². The second-order valence-corrected chi connectivity index (χ2v) is 7.79. The lowest BCUT2D eigenvalue weighted by Gasteiger charge is -2.25. The van der Waals surface area contributed by atoms with Crippen LogP contribution in [0.15, 0.2) is 58.2 Å². The molecule has 2 heterocycles. The molecule has 0 saturated heterocycles. The number of aliphatic hydroxyl groups excluding tert-OH is 1. The lowest BCUT2D eigenvalue weighted by molar-refractivity contribution is -0.129. The number of rotatable bonds is 10. The zero-order valence-electron chi connectivity index (χ0n) is 17.8. The summed E-state index contributed by atoms with van der Waals surface area (Å²) < 4.78 is 11.3. The highest BCUT2D eigenvalue weighted by Gasteiger charge is 2.44. The van der Waals surface area contributed by atoms with Crippen molar-refractivity contribution in [2.45, 2.75) is 52.2 Å². The second-order valence-electron chi connectivity index (χ2n) is 7.79. The molecule has 1 aliphatic rings. The van der Waals surface area contributed by atoms with Gasteiger partial charge >= 0.3 is 0 Å². The van der Waals surface area contributed by atoms with Gasteiger partial charge in [0.1, 0.15) is 17.6 Å². The fourth-order valence-corrected chi connectivity index (χ4v) is 3.66. The van der Waals surface area contributed by atoms with E-state index in [2.05, 4.69) is 0 Å². The minimum absolute atomic E-state index is 0.101. The number of aryl methyl sites for hydroxylation is 2. The van der Waals surface area contributed by atoms with Gasteiger partial charge in [-0.3, -0.25) is 9.59 Å². The van der Waals surface area contributed by atoms with Crippen LogP contribution in [0.5, 0.6) is 0 Å². The molecular weight excluding hydrogens is 382 g/mol. The number of nitrogens with zero attached hydrogens (tertiary/aromatic N) is 1. The Morgan fingerprint density at radius 3 is 2.57 bits per heavy atom. The van der Waals surface area contributed by atoms with Crippen LogP contribution in [0.25, 0.3) is 0 Å². The molecule has 0 fully saturated rings. The van der Waals surface area contributed by atoms with Crippen molar-refractivity contribution in [1.82, 2.24) is 4.90 Å². The number of ketones is 1. The van der Waals surface area contributed by atoms with Crippen molar-refractivity contribution in [3.8, 4) is 0 Å². The molecule has 1 aromatic heterocycles. The molecular formula is C24H29NO5. The predicted molar refractivity (Wildman–Crippen MR) is 113 cm³/mol. The van der Waals surface area contributed by atoms with Gasteiger partial charge in [-0.1, -0.05) is 30.3 Å². The lowest BCUT2D eigenvalue weighted by atomic mass is 9.96. The van der Waals surface area contributed by atoms with Gasteiger partial charge in [-0.2, -0.15) is 0 Å². The summed E-state index contributed by atoms with van der Waals surface area (Å²) in [5.74, 6) is -0.0935. The molecule has 3 rings (SSSR count). The average Bonchev–Trinajstić information content (AvgIpc) is 3.26. The van der Waals surface area contributed by atoms with Crippen molar-refractivity contribution in [2.24, 2.45) is 0 Å². The van der Waals surface area contributed by atoms with Gasteiger partial charge in [0.2, 0.25) is 0 Å². The first kappa shape index (κ1) is 21.8. The minimum atomic E-state index is -0.714. The minimum Gasteiger partial charge on any atom is -0.503 e. The van der Waals surface area contributed by atoms with Crippen molar-refractivity contribution in [3.05, 3.63) is 70.9 Å². The number of ether oxygens (including phenoxy) is 1. The first-order valence-electron chi connectivity index (χ1n) is 10.4. The van der Waals surface area contributed by atoms with Gasteiger partial charge in [-0.25, -0.2) is 0 Å². The number of carbonyl (C=O) groups is 2. The molecule has 0 radical (unpaired) electrons. The van der Waals surface area contributed by atoms with E-state index in [0.717, 1.165) is 5.56 Å². The molecule has 160 valence electrons. The summed E-state index contributed by atoms with van der Waals surface area (Å²) in [6, 6.07) is 12.5. The Labute approximate surface area is 177 Å². The predicted octanol–water partition coefficient (Wildman–Crippen LogP) is 4.30. The number of carbonyl (C=O) groups excluding carboxylic acids is 2. The van der Waals surface area contributed by atoms with Crippen LogP contribution in [0.2, 0.25) is 0 Å². The number of amides is 1. The van der Waals surface area contributed by atoms with Crippen LogP contribution in [-0.4, -0.2) is 41.0 Å². The maximum Gasteiger partial charge on any atom is 0.290 e. The number of hydrogen-bond acceptors (Lipinski definition) is 5. The Morgan fingerprint density at radius 1 is 1.20 bits per heavy atom. The molecule has 6 heteroatoms. The standard InChI is InChI=1S/C24H29NO5/c1-16(2)29-15-7-14-25-22(20-13-10-17(3)30-20)21(23(27)24(25)28)19(26)12-11-18-8-5-4-6-9-18/h4-6,8-10,13,16,22,27H,7,11-12,14-15H2,1-3H3. The monoisotopic (exact) mass is 411 g/mol. The molecule has 1 aromatic carbocycles. The normalized spacial score (nSPS) is 16.7. The van der Waals surface area contributed by atoms with Crippen molar-refractivity contribution < 1.29 is 23.8 Å². The Hall–Kier alpha value is -2.86. The van der Waals surface area contributed by atoms with E-state index in [1.54, 1.807) is 12.1 Å². The second kappa shape index (κ2) is 9.76. The topological polar surface area (TPSA) is 80.0 Å². The Bertz CT molecular complexity index is 913. The summed E-state index contributed by atoms with van der Waals surface area (Å²) >= 11 is 0. The van der Waals surface area contributed by atoms with Gasteiger partial charge in [-0.15, -0.1) is 0 Å². The van der Waals surface area contributed by atoms with E-state index < -0.39 is 17.7 Å². The summed E-state index contributed by atoms with van der Waals surface area (Å²) in [6.07, 6.45) is 1.44. The maximum atomic E-state index is 13.1. The summed E-state index contributed by atoms with van der Waals surface area (Å²) in [6.45, 7) is 6.55. The van der Waals surface area contributed by atoms with Gasteiger partial charge < -0.3 is 19.2 Å². The molecule has 0 saturated carbocycles. The Balaban J connectivity index is 1.80. The molecule has 1 aliphatic heterocycles. The van der Waals surface area contributed by atoms with Crippen LogP contribution in [0.3, 0.4) is 0 Å². The fraction of sp³-hybridized carbons (Fsp3) is 0.417. The molecule has 1 amide bonds. The molecule has 6 nitrogen and oxygen atoms in total. The summed E-state index contributed by atoms with van der Waals surface area (Å²) in [7, 11) is 0. The number of furan rings is 1. The zero-order chi connectivity index (χ0) is 21.7. The van der Waals surface area contributed by atoms with E-state index in [4.69, 9.17) is 9.15 Å².